The van der Waals surface area contributed by atoms with E-state index in [9.17, 15) is 5.11 Å². The average Bonchev–Trinajstić information content (AvgIpc) is 3.07. The van der Waals surface area contributed by atoms with Crippen LogP contribution in [0.15, 0.2) is 23.2 Å². The number of hydrogen-bond acceptors (Lipinski definition) is 4. The van der Waals surface area contributed by atoms with Crippen LogP contribution in [-0.2, 0) is 11.3 Å². The molecule has 7 heteroatoms. The molecule has 0 radical (unpaired) electrons. The predicted molar refractivity (Wildman–Crippen MR) is 116 cm³/mol. The lowest BCUT2D eigenvalue weighted by molar-refractivity contribution is 0.127. The van der Waals surface area contributed by atoms with Crippen molar-refractivity contribution in [2.24, 2.45) is 10.4 Å². The van der Waals surface area contributed by atoms with Gasteiger partial charge in [0.1, 0.15) is 5.75 Å². The van der Waals surface area contributed by atoms with Gasteiger partial charge >= 0.3 is 0 Å². The number of aliphatic hydroxyl groups excluding tert-OH is 1. The molecule has 6 nitrogen and oxygen atoms in total. The van der Waals surface area contributed by atoms with E-state index in [1.165, 1.54) is 0 Å². The molecule has 1 aromatic carbocycles. The fourth-order valence-corrected chi connectivity index (χ4v) is 3.06. The lowest BCUT2D eigenvalue weighted by Crippen LogP contribution is -2.44. The summed E-state index contributed by atoms with van der Waals surface area (Å²) in [6, 6.07) is 6.15. The van der Waals surface area contributed by atoms with Crippen molar-refractivity contribution in [3.63, 3.8) is 0 Å². The molecule has 1 aliphatic rings. The highest BCUT2D eigenvalue weighted by molar-refractivity contribution is 14.0. The van der Waals surface area contributed by atoms with Crippen molar-refractivity contribution in [3.05, 3.63) is 29.3 Å². The normalized spacial score (nSPS) is 19.8. The maximum absolute atomic E-state index is 9.34. The Kier molecular flexibility index (Phi) is 10.3. The number of ether oxygens (including phenoxy) is 2. The van der Waals surface area contributed by atoms with Crippen molar-refractivity contribution in [3.8, 4) is 5.75 Å². The van der Waals surface area contributed by atoms with Gasteiger partial charge in [0.2, 0.25) is 0 Å². The van der Waals surface area contributed by atoms with E-state index < -0.39 is 0 Å². The second kappa shape index (κ2) is 11.6. The number of methoxy groups -OCH3 is 1. The molecule has 0 spiro atoms. The third-order valence-electron chi connectivity index (χ3n) is 4.69. The summed E-state index contributed by atoms with van der Waals surface area (Å²) in [6.45, 7) is 7.84. The van der Waals surface area contributed by atoms with Crippen molar-refractivity contribution in [1.82, 2.24) is 10.6 Å². The Morgan fingerprint density at radius 2 is 2.19 bits per heavy atom. The standard InChI is InChI=1S/C19H31N3O3.HI/c1-4-20-18(22-13-19(7-9-23)8-10-25-14-19)21-12-16-6-5-15(2)17(11-16)24-3;/h5-6,11,23H,4,7-10,12-14H2,1-3H3,(H2,20,21,22);1H. The first-order chi connectivity index (χ1) is 12.1. The zero-order valence-corrected chi connectivity index (χ0v) is 18.3. The summed E-state index contributed by atoms with van der Waals surface area (Å²) in [5.74, 6) is 1.67. The SMILES string of the molecule is CCNC(=NCc1ccc(C)c(OC)c1)NCC1(CCO)CCOC1.I. The van der Waals surface area contributed by atoms with Gasteiger partial charge in [-0.1, -0.05) is 12.1 Å². The van der Waals surface area contributed by atoms with Gasteiger partial charge in [0, 0.05) is 31.7 Å². The molecular weight excluding hydrogens is 445 g/mol. The van der Waals surface area contributed by atoms with Gasteiger partial charge in [-0.25, -0.2) is 4.99 Å². The van der Waals surface area contributed by atoms with Crippen LogP contribution in [0.2, 0.25) is 0 Å². The second-order valence-corrected chi connectivity index (χ2v) is 6.63. The maximum Gasteiger partial charge on any atom is 0.191 e. The molecular formula is C19H32IN3O3. The van der Waals surface area contributed by atoms with Crippen LogP contribution in [0.25, 0.3) is 0 Å². The van der Waals surface area contributed by atoms with Crippen LogP contribution in [0, 0.1) is 12.3 Å². The molecule has 1 fully saturated rings. The summed E-state index contributed by atoms with van der Waals surface area (Å²) in [5.41, 5.74) is 2.22. The zero-order chi connectivity index (χ0) is 18.1. The third kappa shape index (κ3) is 6.59. The van der Waals surface area contributed by atoms with Crippen LogP contribution in [0.3, 0.4) is 0 Å². The summed E-state index contributed by atoms with van der Waals surface area (Å²) in [4.78, 5) is 4.68. The Balaban J connectivity index is 0.00000338. The molecule has 1 heterocycles. The van der Waals surface area contributed by atoms with Crippen LogP contribution in [0.5, 0.6) is 5.75 Å². The number of aryl methyl sites for hydroxylation is 1. The molecule has 0 amide bonds. The van der Waals surface area contributed by atoms with Gasteiger partial charge in [-0.2, -0.15) is 0 Å². The minimum absolute atomic E-state index is 0. The number of hydrogen-bond donors (Lipinski definition) is 3. The summed E-state index contributed by atoms with van der Waals surface area (Å²) in [7, 11) is 1.69. The number of halogens is 1. The van der Waals surface area contributed by atoms with Crippen molar-refractivity contribution in [2.45, 2.75) is 33.2 Å². The first-order valence-corrected chi connectivity index (χ1v) is 8.97. The highest BCUT2D eigenvalue weighted by Gasteiger charge is 2.34. The van der Waals surface area contributed by atoms with Gasteiger partial charge in [0.25, 0.3) is 0 Å². The van der Waals surface area contributed by atoms with Crippen molar-refractivity contribution in [1.29, 1.82) is 0 Å². The van der Waals surface area contributed by atoms with Gasteiger partial charge in [0.05, 0.1) is 20.3 Å². The smallest absolute Gasteiger partial charge is 0.191 e. The second-order valence-electron chi connectivity index (χ2n) is 6.63. The Hall–Kier alpha value is -1.06. The first kappa shape index (κ1) is 23.0. The molecule has 3 N–H and O–H groups in total. The Labute approximate surface area is 173 Å². The molecule has 148 valence electrons. The predicted octanol–water partition coefficient (Wildman–Crippen LogP) is 2.47. The van der Waals surface area contributed by atoms with E-state index in [-0.39, 0.29) is 36.0 Å². The summed E-state index contributed by atoms with van der Waals surface area (Å²) in [6.07, 6.45) is 1.71. The van der Waals surface area contributed by atoms with E-state index in [1.807, 2.05) is 19.9 Å². The largest absolute Gasteiger partial charge is 0.496 e. The van der Waals surface area contributed by atoms with Gasteiger partial charge in [-0.05, 0) is 43.9 Å². The van der Waals surface area contributed by atoms with Crippen molar-refractivity contribution < 1.29 is 14.6 Å². The molecule has 1 atom stereocenters. The molecule has 0 aliphatic carbocycles. The fourth-order valence-electron chi connectivity index (χ4n) is 3.06. The summed E-state index contributed by atoms with van der Waals surface area (Å²) >= 11 is 0. The number of aliphatic hydroxyl groups is 1. The number of aliphatic imine (C=N–C) groups is 1. The number of rotatable bonds is 8. The molecule has 1 unspecified atom stereocenters. The van der Waals surface area contributed by atoms with Crippen LogP contribution < -0.4 is 15.4 Å². The van der Waals surface area contributed by atoms with E-state index in [1.54, 1.807) is 7.11 Å². The van der Waals surface area contributed by atoms with Crippen molar-refractivity contribution >= 4 is 29.9 Å². The minimum atomic E-state index is -0.00196. The van der Waals surface area contributed by atoms with E-state index in [2.05, 4.69) is 27.8 Å². The highest BCUT2D eigenvalue weighted by atomic mass is 127. The van der Waals surface area contributed by atoms with Crippen LogP contribution in [-0.4, -0.2) is 51.1 Å². The quantitative estimate of drug-likeness (QED) is 0.305. The first-order valence-electron chi connectivity index (χ1n) is 8.97. The van der Waals surface area contributed by atoms with E-state index in [0.717, 1.165) is 55.4 Å². The van der Waals surface area contributed by atoms with Crippen LogP contribution in [0.1, 0.15) is 30.9 Å². The van der Waals surface area contributed by atoms with Gasteiger partial charge in [-0.15, -0.1) is 24.0 Å². The summed E-state index contributed by atoms with van der Waals surface area (Å²) in [5, 5.41) is 16.0. The molecule has 0 saturated carbocycles. The van der Waals surface area contributed by atoms with Crippen molar-refractivity contribution in [2.75, 3.05) is 40.0 Å². The Morgan fingerprint density at radius 3 is 2.81 bits per heavy atom. The third-order valence-corrected chi connectivity index (χ3v) is 4.69. The van der Waals surface area contributed by atoms with Crippen LogP contribution in [0.4, 0.5) is 0 Å². The van der Waals surface area contributed by atoms with Gasteiger partial charge in [0.15, 0.2) is 5.96 Å². The fraction of sp³-hybridized carbons (Fsp3) is 0.632. The molecule has 0 bridgehead atoms. The minimum Gasteiger partial charge on any atom is -0.496 e. The molecule has 0 aromatic heterocycles. The average molecular weight is 477 g/mol. The summed E-state index contributed by atoms with van der Waals surface area (Å²) < 4.78 is 10.9. The number of guanidine groups is 1. The molecule has 1 saturated heterocycles. The Bertz CT molecular complexity index is 575. The van der Waals surface area contributed by atoms with E-state index in [4.69, 9.17) is 9.47 Å². The topological polar surface area (TPSA) is 75.1 Å². The maximum atomic E-state index is 9.34. The number of benzene rings is 1. The molecule has 26 heavy (non-hydrogen) atoms. The van der Waals surface area contributed by atoms with Crippen LogP contribution >= 0.6 is 24.0 Å². The zero-order valence-electron chi connectivity index (χ0n) is 16.0. The number of nitrogens with zero attached hydrogens (tertiary/aromatic N) is 1. The monoisotopic (exact) mass is 477 g/mol. The van der Waals surface area contributed by atoms with E-state index in [0.29, 0.717) is 13.2 Å². The highest BCUT2D eigenvalue weighted by Crippen LogP contribution is 2.31. The van der Waals surface area contributed by atoms with E-state index >= 15 is 0 Å². The lowest BCUT2D eigenvalue weighted by Gasteiger charge is -2.27. The van der Waals surface area contributed by atoms with Gasteiger partial charge < -0.3 is 25.2 Å². The van der Waals surface area contributed by atoms with Gasteiger partial charge in [-0.3, -0.25) is 0 Å². The molecule has 1 aromatic rings. The molecule has 2 rings (SSSR count). The lowest BCUT2D eigenvalue weighted by atomic mass is 9.84. The Morgan fingerprint density at radius 1 is 1.38 bits per heavy atom. The molecule has 1 aliphatic heterocycles. The number of nitrogens with one attached hydrogen (secondary N) is 2.